The van der Waals surface area contributed by atoms with Crippen LogP contribution in [0.25, 0.3) is 27.5 Å². The van der Waals surface area contributed by atoms with Gasteiger partial charge >= 0.3 is 0 Å². The lowest BCUT2D eigenvalue weighted by molar-refractivity contribution is 0.0968. The number of nitrogens with two attached hydrogens (primary N) is 1. The van der Waals surface area contributed by atoms with Crippen LogP contribution in [0.1, 0.15) is 10.4 Å². The topological polar surface area (TPSA) is 117 Å². The van der Waals surface area contributed by atoms with Crippen molar-refractivity contribution in [3.05, 3.63) is 59.6 Å². The van der Waals surface area contributed by atoms with Gasteiger partial charge in [0.25, 0.3) is 0 Å². The molecule has 4 aromatic rings. The molecule has 3 heterocycles. The number of carbonyl (C=O) groups is 1. The number of anilines is 1. The SMILES string of the molecule is [C-]#[N+]c1ccc(C(=O)Cn2nnc3c(-c4ccco4)nc(N)nc32)cc1. The van der Waals surface area contributed by atoms with Gasteiger partial charge < -0.3 is 10.2 Å². The van der Waals surface area contributed by atoms with Crippen molar-refractivity contribution in [3.63, 3.8) is 0 Å². The summed E-state index contributed by atoms with van der Waals surface area (Å²) in [6.07, 6.45) is 1.51. The Labute approximate surface area is 146 Å². The third-order valence-corrected chi connectivity index (χ3v) is 3.75. The molecule has 0 saturated carbocycles. The summed E-state index contributed by atoms with van der Waals surface area (Å²) in [6.45, 7) is 6.89. The maximum absolute atomic E-state index is 12.5. The molecule has 0 unspecified atom stereocenters. The molecule has 3 aromatic heterocycles. The highest BCUT2D eigenvalue weighted by molar-refractivity contribution is 5.97. The van der Waals surface area contributed by atoms with Gasteiger partial charge in [0, 0.05) is 5.56 Å². The van der Waals surface area contributed by atoms with Gasteiger partial charge in [0.1, 0.15) is 12.2 Å². The predicted octanol–water partition coefficient (Wildman–Crippen LogP) is 2.50. The van der Waals surface area contributed by atoms with E-state index in [2.05, 4.69) is 25.1 Å². The second-order valence-electron chi connectivity index (χ2n) is 5.41. The van der Waals surface area contributed by atoms with Crippen molar-refractivity contribution in [2.75, 3.05) is 5.73 Å². The molecule has 0 bridgehead atoms. The fourth-order valence-electron chi connectivity index (χ4n) is 2.51. The maximum Gasteiger partial charge on any atom is 0.222 e. The number of nitrogens with zero attached hydrogens (tertiary/aromatic N) is 6. The number of benzene rings is 1. The van der Waals surface area contributed by atoms with Crippen LogP contribution in [0.2, 0.25) is 0 Å². The molecule has 0 radical (unpaired) electrons. The van der Waals surface area contributed by atoms with Gasteiger partial charge in [-0.25, -0.2) is 14.5 Å². The summed E-state index contributed by atoms with van der Waals surface area (Å²) < 4.78 is 6.72. The summed E-state index contributed by atoms with van der Waals surface area (Å²) in [4.78, 5) is 24.1. The van der Waals surface area contributed by atoms with Crippen LogP contribution < -0.4 is 5.73 Å². The molecule has 0 fully saturated rings. The van der Waals surface area contributed by atoms with E-state index in [9.17, 15) is 4.79 Å². The van der Waals surface area contributed by atoms with Gasteiger partial charge in [-0.1, -0.05) is 29.5 Å². The van der Waals surface area contributed by atoms with Gasteiger partial charge in [-0.2, -0.15) is 4.98 Å². The smallest absolute Gasteiger partial charge is 0.222 e. The summed E-state index contributed by atoms with van der Waals surface area (Å²) in [7, 11) is 0. The van der Waals surface area contributed by atoms with Crippen LogP contribution in [-0.2, 0) is 6.54 Å². The molecule has 26 heavy (non-hydrogen) atoms. The third kappa shape index (κ3) is 2.65. The number of hydrogen-bond acceptors (Lipinski definition) is 7. The van der Waals surface area contributed by atoms with Crippen LogP contribution >= 0.6 is 0 Å². The molecule has 0 saturated heterocycles. The quantitative estimate of drug-likeness (QED) is 0.446. The molecule has 0 spiro atoms. The van der Waals surface area contributed by atoms with Gasteiger partial charge in [-0.05, 0) is 12.1 Å². The Hall–Kier alpha value is -4.06. The predicted molar refractivity (Wildman–Crippen MR) is 92.3 cm³/mol. The fraction of sp³-hybridized carbons (Fsp3) is 0.0588. The molecule has 2 N–H and O–H groups in total. The summed E-state index contributed by atoms with van der Waals surface area (Å²) in [6, 6.07) is 9.84. The Morgan fingerprint density at radius 1 is 1.23 bits per heavy atom. The second kappa shape index (κ2) is 6.10. The van der Waals surface area contributed by atoms with E-state index in [0.717, 1.165) is 0 Å². The summed E-state index contributed by atoms with van der Waals surface area (Å²) in [5.74, 6) is 0.323. The summed E-state index contributed by atoms with van der Waals surface area (Å²) >= 11 is 0. The lowest BCUT2D eigenvalue weighted by Crippen LogP contribution is -2.12. The van der Waals surface area contributed by atoms with E-state index in [1.807, 2.05) is 0 Å². The largest absolute Gasteiger partial charge is 0.463 e. The zero-order valence-corrected chi connectivity index (χ0v) is 13.3. The number of hydrogen-bond donors (Lipinski definition) is 1. The third-order valence-electron chi connectivity index (χ3n) is 3.75. The van der Waals surface area contributed by atoms with Crippen molar-refractivity contribution in [3.8, 4) is 11.5 Å². The lowest BCUT2D eigenvalue weighted by Gasteiger charge is -2.03. The molecule has 0 aliphatic rings. The Balaban J connectivity index is 1.71. The number of nitrogen functional groups attached to an aromatic ring is 1. The molecule has 126 valence electrons. The monoisotopic (exact) mass is 345 g/mol. The van der Waals surface area contributed by atoms with Gasteiger partial charge in [-0.15, -0.1) is 5.10 Å². The molecule has 0 atom stereocenters. The van der Waals surface area contributed by atoms with Crippen molar-refractivity contribution in [1.29, 1.82) is 0 Å². The first-order chi connectivity index (χ1) is 12.7. The zero-order chi connectivity index (χ0) is 18.1. The Morgan fingerprint density at radius 3 is 2.73 bits per heavy atom. The van der Waals surface area contributed by atoms with E-state index >= 15 is 0 Å². The minimum absolute atomic E-state index is 0.0290. The number of Topliss-reactive ketones (excluding diaryl/α,β-unsaturated/α-hetero) is 1. The fourth-order valence-corrected chi connectivity index (χ4v) is 2.51. The number of ketones is 1. The number of carbonyl (C=O) groups excluding carboxylic acids is 1. The van der Waals surface area contributed by atoms with E-state index in [4.69, 9.17) is 16.7 Å². The molecule has 1 aromatic carbocycles. The lowest BCUT2D eigenvalue weighted by atomic mass is 10.1. The van der Waals surface area contributed by atoms with Crippen LogP contribution in [0.4, 0.5) is 11.6 Å². The molecule has 0 amide bonds. The number of rotatable bonds is 4. The van der Waals surface area contributed by atoms with E-state index < -0.39 is 0 Å². The number of furan rings is 1. The van der Waals surface area contributed by atoms with Gasteiger partial charge in [-0.3, -0.25) is 4.79 Å². The van der Waals surface area contributed by atoms with Crippen LogP contribution in [0.15, 0.2) is 47.1 Å². The van der Waals surface area contributed by atoms with Crippen LogP contribution in [0.5, 0.6) is 0 Å². The molecular formula is C17H11N7O2. The molecule has 9 nitrogen and oxygen atoms in total. The first kappa shape index (κ1) is 15.5. The first-order valence-corrected chi connectivity index (χ1v) is 7.57. The molecule has 9 heteroatoms. The van der Waals surface area contributed by atoms with Crippen LogP contribution in [0.3, 0.4) is 0 Å². The van der Waals surface area contributed by atoms with Gasteiger partial charge in [0.2, 0.25) is 5.95 Å². The molecule has 0 aliphatic carbocycles. The Morgan fingerprint density at radius 2 is 2.04 bits per heavy atom. The summed E-state index contributed by atoms with van der Waals surface area (Å²) in [5.41, 5.74) is 7.87. The number of aromatic nitrogens is 5. The molecular weight excluding hydrogens is 334 g/mol. The van der Waals surface area contributed by atoms with E-state index in [1.165, 1.54) is 10.9 Å². The molecule has 4 rings (SSSR count). The Kier molecular flexibility index (Phi) is 3.63. The summed E-state index contributed by atoms with van der Waals surface area (Å²) in [5, 5.41) is 8.07. The van der Waals surface area contributed by atoms with Gasteiger partial charge in [0.15, 0.2) is 28.4 Å². The second-order valence-corrected chi connectivity index (χ2v) is 5.41. The highest BCUT2D eigenvalue weighted by Gasteiger charge is 2.18. The van der Waals surface area contributed by atoms with Gasteiger partial charge in [0.05, 0.1) is 12.8 Å². The van der Waals surface area contributed by atoms with Crippen LogP contribution in [0, 0.1) is 6.57 Å². The normalized spacial score (nSPS) is 10.7. The first-order valence-electron chi connectivity index (χ1n) is 7.57. The van der Waals surface area contributed by atoms with E-state index in [-0.39, 0.29) is 18.3 Å². The van der Waals surface area contributed by atoms with Crippen LogP contribution in [-0.4, -0.2) is 30.7 Å². The number of fused-ring (bicyclic) bond motifs is 1. The van der Waals surface area contributed by atoms with E-state index in [1.54, 1.807) is 36.4 Å². The highest BCUT2D eigenvalue weighted by Crippen LogP contribution is 2.25. The van der Waals surface area contributed by atoms with Crippen molar-refractivity contribution >= 4 is 28.6 Å². The van der Waals surface area contributed by atoms with Crippen molar-refractivity contribution in [2.24, 2.45) is 0 Å². The minimum Gasteiger partial charge on any atom is -0.463 e. The minimum atomic E-state index is -0.190. The highest BCUT2D eigenvalue weighted by atomic mass is 16.3. The van der Waals surface area contributed by atoms with E-state index in [0.29, 0.717) is 33.9 Å². The molecule has 0 aliphatic heterocycles. The average Bonchev–Trinajstić information content (AvgIpc) is 3.32. The van der Waals surface area contributed by atoms with Crippen molar-refractivity contribution in [1.82, 2.24) is 25.0 Å². The standard InChI is InChI=1S/C17H11N7O2/c1-19-11-6-4-10(5-7-11)12(25)9-24-16-15(22-23-24)14(20-17(18)21-16)13-3-2-8-26-13/h2-8H,9H2,(H2,18,20,21). The Bertz CT molecular complexity index is 1140. The van der Waals surface area contributed by atoms with Crippen molar-refractivity contribution < 1.29 is 9.21 Å². The average molecular weight is 345 g/mol. The van der Waals surface area contributed by atoms with Crippen molar-refractivity contribution in [2.45, 2.75) is 6.54 Å². The zero-order valence-electron chi connectivity index (χ0n) is 13.3. The maximum atomic E-state index is 12.5.